The van der Waals surface area contributed by atoms with Crippen molar-refractivity contribution in [2.75, 3.05) is 12.4 Å². The molecule has 0 atom stereocenters. The van der Waals surface area contributed by atoms with Crippen LogP contribution >= 0.6 is 23.4 Å². The van der Waals surface area contributed by atoms with E-state index in [1.54, 1.807) is 10.6 Å². The van der Waals surface area contributed by atoms with Crippen molar-refractivity contribution in [1.82, 2.24) is 19.2 Å². The van der Waals surface area contributed by atoms with E-state index >= 15 is 0 Å². The molecule has 0 radical (unpaired) electrons. The van der Waals surface area contributed by atoms with Gasteiger partial charge in [0.15, 0.2) is 5.16 Å². The summed E-state index contributed by atoms with van der Waals surface area (Å²) in [5.74, 6) is 1.77. The van der Waals surface area contributed by atoms with E-state index in [-0.39, 0.29) is 5.56 Å². The molecule has 160 valence electrons. The number of nitrogens with zero attached hydrogens (tertiary/aromatic N) is 4. The summed E-state index contributed by atoms with van der Waals surface area (Å²) in [5.41, 5.74) is 2.52. The maximum atomic E-state index is 13.3. The van der Waals surface area contributed by atoms with Gasteiger partial charge in [-0.05, 0) is 43.3 Å². The number of benzene rings is 3. The van der Waals surface area contributed by atoms with Crippen LogP contribution in [0.2, 0.25) is 5.02 Å². The van der Waals surface area contributed by atoms with Crippen LogP contribution in [0.15, 0.2) is 82.7 Å². The van der Waals surface area contributed by atoms with Crippen LogP contribution in [0.1, 0.15) is 5.56 Å². The lowest BCUT2D eigenvalue weighted by molar-refractivity contribution is 0.344. The van der Waals surface area contributed by atoms with Gasteiger partial charge in [0.1, 0.15) is 5.75 Å². The Morgan fingerprint density at radius 3 is 2.53 bits per heavy atom. The zero-order chi connectivity index (χ0) is 22.1. The Morgan fingerprint density at radius 1 is 0.969 bits per heavy atom. The van der Waals surface area contributed by atoms with Gasteiger partial charge in [0, 0.05) is 5.75 Å². The predicted molar refractivity (Wildman–Crippen MR) is 128 cm³/mol. The van der Waals surface area contributed by atoms with Crippen LogP contribution in [-0.4, -0.2) is 31.5 Å². The second kappa shape index (κ2) is 8.68. The summed E-state index contributed by atoms with van der Waals surface area (Å²) in [6, 6.07) is 22.7. The fraction of sp³-hybridized carbons (Fsp3) is 0.125. The standard InChI is InChI=1S/C24H19ClN4O2S/c1-16-10-12-17(13-11-16)28-22(30)18-6-2-4-8-20(18)29-23(28)26-27-24(29)32-15-14-31-21-9-5-3-7-19(21)25/h2-13H,14-15H2,1H3. The predicted octanol–water partition coefficient (Wildman–Crippen LogP) is 5.17. The molecule has 0 fully saturated rings. The average molecular weight is 463 g/mol. The van der Waals surface area contributed by atoms with Gasteiger partial charge in [-0.2, -0.15) is 0 Å². The molecular weight excluding hydrogens is 444 g/mol. The normalized spacial score (nSPS) is 11.3. The number of aromatic nitrogens is 4. The van der Waals surface area contributed by atoms with Gasteiger partial charge >= 0.3 is 0 Å². The topological polar surface area (TPSA) is 61.4 Å². The van der Waals surface area contributed by atoms with Crippen molar-refractivity contribution < 1.29 is 4.74 Å². The van der Waals surface area contributed by atoms with Crippen molar-refractivity contribution in [3.05, 3.63) is 93.7 Å². The largest absolute Gasteiger partial charge is 0.491 e. The van der Waals surface area contributed by atoms with Crippen molar-refractivity contribution in [3.8, 4) is 11.4 Å². The highest BCUT2D eigenvalue weighted by molar-refractivity contribution is 7.99. The lowest BCUT2D eigenvalue weighted by Gasteiger charge is -2.12. The Balaban J connectivity index is 1.53. The molecule has 5 aromatic rings. The Hall–Kier alpha value is -3.29. The number of ether oxygens (including phenoxy) is 1. The molecule has 0 aliphatic carbocycles. The molecule has 0 saturated heterocycles. The summed E-state index contributed by atoms with van der Waals surface area (Å²) >= 11 is 7.67. The molecule has 6 nitrogen and oxygen atoms in total. The Bertz CT molecular complexity index is 1480. The number of hydrogen-bond donors (Lipinski definition) is 0. The first kappa shape index (κ1) is 20.6. The quantitative estimate of drug-likeness (QED) is 0.257. The summed E-state index contributed by atoms with van der Waals surface area (Å²) in [6.45, 7) is 2.47. The van der Waals surface area contributed by atoms with E-state index in [1.807, 2.05) is 78.1 Å². The number of para-hydroxylation sites is 2. The van der Waals surface area contributed by atoms with E-state index in [1.165, 1.54) is 11.8 Å². The van der Waals surface area contributed by atoms with Crippen molar-refractivity contribution in [1.29, 1.82) is 0 Å². The first-order chi connectivity index (χ1) is 15.6. The molecule has 3 aromatic carbocycles. The monoisotopic (exact) mass is 462 g/mol. The van der Waals surface area contributed by atoms with Gasteiger partial charge < -0.3 is 4.74 Å². The van der Waals surface area contributed by atoms with E-state index in [4.69, 9.17) is 16.3 Å². The summed E-state index contributed by atoms with van der Waals surface area (Å²) in [7, 11) is 0. The Kier molecular flexibility index (Phi) is 5.59. The van der Waals surface area contributed by atoms with Crippen molar-refractivity contribution >= 4 is 40.0 Å². The highest BCUT2D eigenvalue weighted by atomic mass is 35.5. The van der Waals surface area contributed by atoms with Crippen LogP contribution < -0.4 is 10.3 Å². The number of aryl methyl sites for hydroxylation is 1. The lowest BCUT2D eigenvalue weighted by Crippen LogP contribution is -2.21. The van der Waals surface area contributed by atoms with Gasteiger partial charge in [-0.15, -0.1) is 10.2 Å². The number of fused-ring (bicyclic) bond motifs is 3. The zero-order valence-corrected chi connectivity index (χ0v) is 18.8. The van der Waals surface area contributed by atoms with Crippen LogP contribution in [0.3, 0.4) is 0 Å². The molecule has 8 heteroatoms. The first-order valence-electron chi connectivity index (χ1n) is 10.1. The maximum absolute atomic E-state index is 13.3. The van der Waals surface area contributed by atoms with Gasteiger partial charge in [0.2, 0.25) is 5.78 Å². The number of thioether (sulfide) groups is 1. The summed E-state index contributed by atoms with van der Waals surface area (Å²) in [6.07, 6.45) is 0. The SMILES string of the molecule is Cc1ccc(-n2c(=O)c3ccccc3n3c(SCCOc4ccccc4Cl)nnc23)cc1. The molecule has 0 aliphatic heterocycles. The minimum absolute atomic E-state index is 0.122. The van der Waals surface area contributed by atoms with Crippen molar-refractivity contribution in [2.45, 2.75) is 12.1 Å². The minimum atomic E-state index is -0.122. The number of halogens is 1. The third-order valence-electron chi connectivity index (χ3n) is 5.10. The molecule has 0 spiro atoms. The summed E-state index contributed by atoms with van der Waals surface area (Å²) in [5, 5.41) is 10.6. The molecule has 0 bridgehead atoms. The van der Waals surface area contributed by atoms with Crippen molar-refractivity contribution in [2.24, 2.45) is 0 Å². The molecule has 0 aliphatic rings. The van der Waals surface area contributed by atoms with E-state index in [2.05, 4.69) is 10.2 Å². The third-order valence-corrected chi connectivity index (χ3v) is 6.30. The molecule has 32 heavy (non-hydrogen) atoms. The van der Waals surface area contributed by atoms with Gasteiger partial charge in [-0.1, -0.05) is 65.3 Å². The molecule has 0 N–H and O–H groups in total. The van der Waals surface area contributed by atoms with Crippen molar-refractivity contribution in [3.63, 3.8) is 0 Å². The van der Waals surface area contributed by atoms with Crippen LogP contribution in [0.25, 0.3) is 22.4 Å². The first-order valence-corrected chi connectivity index (χ1v) is 11.5. The minimum Gasteiger partial charge on any atom is -0.491 e. The van der Waals surface area contributed by atoms with E-state index in [0.29, 0.717) is 39.5 Å². The van der Waals surface area contributed by atoms with Gasteiger partial charge in [0.05, 0.1) is 28.2 Å². The maximum Gasteiger partial charge on any atom is 0.267 e. The lowest BCUT2D eigenvalue weighted by atomic mass is 10.2. The Labute approximate surface area is 193 Å². The van der Waals surface area contributed by atoms with E-state index < -0.39 is 0 Å². The van der Waals surface area contributed by atoms with Crippen LogP contribution in [0, 0.1) is 6.92 Å². The number of rotatable bonds is 6. The third kappa shape index (κ3) is 3.74. The molecule has 0 saturated carbocycles. The zero-order valence-electron chi connectivity index (χ0n) is 17.2. The van der Waals surface area contributed by atoms with Gasteiger partial charge in [-0.25, -0.2) is 4.57 Å². The fourth-order valence-corrected chi connectivity index (χ4v) is 4.49. The second-order valence-corrected chi connectivity index (χ2v) is 8.71. The van der Waals surface area contributed by atoms with Crippen LogP contribution in [-0.2, 0) is 0 Å². The molecule has 2 heterocycles. The molecule has 0 unspecified atom stereocenters. The highest BCUT2D eigenvalue weighted by Crippen LogP contribution is 2.25. The van der Waals surface area contributed by atoms with Crippen LogP contribution in [0.5, 0.6) is 5.75 Å². The summed E-state index contributed by atoms with van der Waals surface area (Å²) in [4.78, 5) is 13.3. The van der Waals surface area contributed by atoms with E-state index in [9.17, 15) is 4.79 Å². The van der Waals surface area contributed by atoms with Gasteiger partial charge in [-0.3, -0.25) is 9.20 Å². The second-order valence-electron chi connectivity index (χ2n) is 7.24. The Morgan fingerprint density at radius 2 is 1.72 bits per heavy atom. The smallest absolute Gasteiger partial charge is 0.267 e. The fourth-order valence-electron chi connectivity index (χ4n) is 3.55. The molecule has 0 amide bonds. The molecule has 2 aromatic heterocycles. The number of hydrogen-bond acceptors (Lipinski definition) is 5. The van der Waals surface area contributed by atoms with E-state index in [0.717, 1.165) is 16.8 Å². The summed E-state index contributed by atoms with van der Waals surface area (Å²) < 4.78 is 9.33. The molecule has 5 rings (SSSR count). The van der Waals surface area contributed by atoms with Gasteiger partial charge in [0.25, 0.3) is 5.56 Å². The van der Waals surface area contributed by atoms with Crippen LogP contribution in [0.4, 0.5) is 0 Å². The average Bonchev–Trinajstić information content (AvgIpc) is 3.23. The molecular formula is C24H19ClN4O2S. The highest BCUT2D eigenvalue weighted by Gasteiger charge is 2.17.